The van der Waals surface area contributed by atoms with Crippen LogP contribution in [0, 0.1) is 0 Å². The zero-order valence-corrected chi connectivity index (χ0v) is 14.9. The molecule has 0 aliphatic heterocycles. The minimum Gasteiger partial charge on any atom is -0.478 e. The van der Waals surface area contributed by atoms with E-state index in [-0.39, 0.29) is 18.1 Å². The molecular weight excluding hydrogens is 356 g/mol. The number of benzene rings is 3. The van der Waals surface area contributed by atoms with Crippen LogP contribution in [0.25, 0.3) is 11.1 Å². The summed E-state index contributed by atoms with van der Waals surface area (Å²) in [5.41, 5.74) is 10.5. The van der Waals surface area contributed by atoms with Crippen LogP contribution in [0.2, 0.25) is 0 Å². The molecule has 6 nitrogen and oxygen atoms in total. The molecule has 0 aromatic heterocycles. The van der Waals surface area contributed by atoms with Crippen LogP contribution < -0.4 is 10.9 Å². The Hall–Kier alpha value is -3.80. The summed E-state index contributed by atoms with van der Waals surface area (Å²) in [5.74, 6) is -1.01. The smallest absolute Gasteiger partial charge is 0.425 e. The van der Waals surface area contributed by atoms with Crippen LogP contribution in [0.15, 0.2) is 72.8 Å². The van der Waals surface area contributed by atoms with Crippen molar-refractivity contribution in [2.75, 3.05) is 12.0 Å². The number of ether oxygens (including phenoxy) is 1. The van der Waals surface area contributed by atoms with E-state index in [1.54, 1.807) is 12.1 Å². The Morgan fingerprint density at radius 1 is 0.857 bits per heavy atom. The Balaban J connectivity index is 1.38. The standard InChI is InChI=1S/C22H18N2O4/c25-21(26)14-9-11-15(12-10-14)23-24-22(27)28-13-20-18-7-3-1-5-16(18)17-6-2-4-8-19(17)20/h1-12,20,23H,13H2,(H,24,27)(H,25,26). The fraction of sp³-hybridized carbons (Fsp3) is 0.0909. The van der Waals surface area contributed by atoms with E-state index in [9.17, 15) is 9.59 Å². The molecule has 0 saturated heterocycles. The first-order valence-electron chi connectivity index (χ1n) is 8.84. The second kappa shape index (κ2) is 7.44. The first-order chi connectivity index (χ1) is 13.6. The lowest BCUT2D eigenvalue weighted by Crippen LogP contribution is -2.31. The number of anilines is 1. The van der Waals surface area contributed by atoms with Gasteiger partial charge in [0, 0.05) is 5.92 Å². The lowest BCUT2D eigenvalue weighted by molar-refractivity contribution is 0.0697. The number of rotatable bonds is 5. The molecule has 3 aromatic carbocycles. The fourth-order valence-electron chi connectivity index (χ4n) is 3.45. The van der Waals surface area contributed by atoms with Crippen molar-refractivity contribution in [3.8, 4) is 11.1 Å². The highest BCUT2D eigenvalue weighted by Crippen LogP contribution is 2.44. The fourth-order valence-corrected chi connectivity index (χ4v) is 3.45. The number of hydrazine groups is 1. The Morgan fingerprint density at radius 3 is 2.00 bits per heavy atom. The number of amides is 1. The number of nitrogens with one attached hydrogen (secondary N) is 2. The van der Waals surface area contributed by atoms with Gasteiger partial charge in [-0.1, -0.05) is 48.5 Å². The van der Waals surface area contributed by atoms with Crippen molar-refractivity contribution in [3.63, 3.8) is 0 Å². The van der Waals surface area contributed by atoms with Crippen molar-refractivity contribution in [2.24, 2.45) is 0 Å². The SMILES string of the molecule is O=C(NNc1ccc(C(=O)O)cc1)OCC1c2ccccc2-c2ccccc21. The summed E-state index contributed by atoms with van der Waals surface area (Å²) in [5, 5.41) is 8.90. The number of aromatic carboxylic acids is 1. The van der Waals surface area contributed by atoms with Crippen molar-refractivity contribution in [2.45, 2.75) is 5.92 Å². The minimum absolute atomic E-state index is 0.00648. The maximum Gasteiger partial charge on any atom is 0.425 e. The van der Waals surface area contributed by atoms with Gasteiger partial charge in [-0.05, 0) is 46.5 Å². The number of carbonyl (C=O) groups excluding carboxylic acids is 1. The predicted octanol–water partition coefficient (Wildman–Crippen LogP) is 4.25. The lowest BCUT2D eigenvalue weighted by Gasteiger charge is -2.15. The van der Waals surface area contributed by atoms with E-state index in [4.69, 9.17) is 9.84 Å². The van der Waals surface area contributed by atoms with Crippen LogP contribution in [-0.4, -0.2) is 23.8 Å². The molecule has 3 N–H and O–H groups in total. The molecule has 0 fully saturated rings. The monoisotopic (exact) mass is 374 g/mol. The third-order valence-electron chi connectivity index (χ3n) is 4.78. The third-order valence-corrected chi connectivity index (χ3v) is 4.78. The predicted molar refractivity (Wildman–Crippen MR) is 105 cm³/mol. The molecule has 140 valence electrons. The average molecular weight is 374 g/mol. The van der Waals surface area contributed by atoms with Crippen LogP contribution >= 0.6 is 0 Å². The van der Waals surface area contributed by atoms with Crippen LogP contribution in [0.1, 0.15) is 27.4 Å². The molecule has 28 heavy (non-hydrogen) atoms. The summed E-state index contributed by atoms with van der Waals surface area (Å²) in [6.07, 6.45) is -0.607. The van der Waals surface area contributed by atoms with E-state index in [1.165, 1.54) is 23.3 Å². The zero-order valence-electron chi connectivity index (χ0n) is 14.9. The summed E-state index contributed by atoms with van der Waals surface area (Å²) in [7, 11) is 0. The molecule has 0 atom stereocenters. The normalized spacial score (nSPS) is 12.0. The van der Waals surface area contributed by atoms with Crippen molar-refractivity contribution in [1.29, 1.82) is 0 Å². The van der Waals surface area contributed by atoms with Gasteiger partial charge < -0.3 is 9.84 Å². The van der Waals surface area contributed by atoms with Gasteiger partial charge in [-0.2, -0.15) is 0 Å². The molecule has 0 spiro atoms. The summed E-state index contributed by atoms with van der Waals surface area (Å²) >= 11 is 0. The maximum absolute atomic E-state index is 12.1. The number of carboxylic acids is 1. The minimum atomic E-state index is -1.00. The van der Waals surface area contributed by atoms with E-state index in [1.807, 2.05) is 24.3 Å². The average Bonchev–Trinajstić information content (AvgIpc) is 3.05. The van der Waals surface area contributed by atoms with Crippen molar-refractivity contribution < 1.29 is 19.4 Å². The Morgan fingerprint density at radius 2 is 1.43 bits per heavy atom. The molecule has 1 aliphatic rings. The summed E-state index contributed by atoms with van der Waals surface area (Å²) < 4.78 is 5.42. The molecule has 0 unspecified atom stereocenters. The number of fused-ring (bicyclic) bond motifs is 3. The molecule has 0 bridgehead atoms. The number of hydrogen-bond acceptors (Lipinski definition) is 4. The van der Waals surface area contributed by atoms with Crippen LogP contribution in [-0.2, 0) is 4.74 Å². The maximum atomic E-state index is 12.1. The molecule has 6 heteroatoms. The first-order valence-corrected chi connectivity index (χ1v) is 8.84. The van der Waals surface area contributed by atoms with Crippen LogP contribution in [0.4, 0.5) is 10.5 Å². The van der Waals surface area contributed by atoms with Crippen LogP contribution in [0.5, 0.6) is 0 Å². The summed E-state index contributed by atoms with van der Waals surface area (Å²) in [4.78, 5) is 22.9. The molecule has 1 amide bonds. The van der Waals surface area contributed by atoms with E-state index in [0.717, 1.165) is 11.1 Å². The van der Waals surface area contributed by atoms with Gasteiger partial charge in [0.25, 0.3) is 0 Å². The van der Waals surface area contributed by atoms with Crippen molar-refractivity contribution >= 4 is 17.7 Å². The zero-order chi connectivity index (χ0) is 19.5. The largest absolute Gasteiger partial charge is 0.478 e. The van der Waals surface area contributed by atoms with E-state index in [2.05, 4.69) is 35.1 Å². The number of carbonyl (C=O) groups is 2. The number of carboxylic acid groups (broad SMARTS) is 1. The topological polar surface area (TPSA) is 87.7 Å². The lowest BCUT2D eigenvalue weighted by atomic mass is 9.98. The second-order valence-electron chi connectivity index (χ2n) is 6.46. The van der Waals surface area contributed by atoms with Crippen molar-refractivity contribution in [3.05, 3.63) is 89.5 Å². The molecule has 4 rings (SSSR count). The molecule has 0 saturated carbocycles. The van der Waals surface area contributed by atoms with Gasteiger partial charge >= 0.3 is 12.1 Å². The van der Waals surface area contributed by atoms with E-state index in [0.29, 0.717) is 5.69 Å². The Bertz CT molecular complexity index is 985. The Labute approximate surface area is 161 Å². The highest BCUT2D eigenvalue weighted by molar-refractivity contribution is 5.88. The molecule has 3 aromatic rings. The van der Waals surface area contributed by atoms with Gasteiger partial charge in [0.15, 0.2) is 0 Å². The summed E-state index contributed by atoms with van der Waals surface area (Å²) in [6.45, 7) is 0.222. The van der Waals surface area contributed by atoms with Gasteiger partial charge in [-0.15, -0.1) is 0 Å². The van der Waals surface area contributed by atoms with Gasteiger partial charge in [0.05, 0.1) is 11.3 Å². The van der Waals surface area contributed by atoms with Gasteiger partial charge in [-0.3, -0.25) is 5.43 Å². The summed E-state index contributed by atoms with van der Waals surface area (Å²) in [6, 6.07) is 22.3. The highest BCUT2D eigenvalue weighted by atomic mass is 16.6. The molecule has 1 aliphatic carbocycles. The van der Waals surface area contributed by atoms with Gasteiger partial charge in [0.2, 0.25) is 0 Å². The molecule has 0 heterocycles. The second-order valence-corrected chi connectivity index (χ2v) is 6.46. The van der Waals surface area contributed by atoms with Crippen LogP contribution in [0.3, 0.4) is 0 Å². The van der Waals surface area contributed by atoms with E-state index >= 15 is 0 Å². The number of hydrogen-bond donors (Lipinski definition) is 3. The molecular formula is C22H18N2O4. The first kappa shape index (κ1) is 17.6. The highest BCUT2D eigenvalue weighted by Gasteiger charge is 2.28. The molecule has 0 radical (unpaired) electrons. The van der Waals surface area contributed by atoms with E-state index < -0.39 is 12.1 Å². The quantitative estimate of drug-likeness (QED) is 0.581. The van der Waals surface area contributed by atoms with Gasteiger partial charge in [-0.25, -0.2) is 15.0 Å². The third kappa shape index (κ3) is 3.40. The van der Waals surface area contributed by atoms with Gasteiger partial charge in [0.1, 0.15) is 6.61 Å². The Kier molecular flexibility index (Phi) is 4.68. The van der Waals surface area contributed by atoms with Crippen molar-refractivity contribution in [1.82, 2.24) is 5.43 Å².